The molecule has 2 aromatic rings. The Bertz CT molecular complexity index is 979. The number of hydrogen-bond donors (Lipinski definition) is 1. The smallest absolute Gasteiger partial charge is 0.331 e. The van der Waals surface area contributed by atoms with E-state index in [1.807, 2.05) is 24.3 Å². The molecule has 1 aliphatic heterocycles. The number of nitrogens with one attached hydrogen (secondary N) is 1. The number of thioether (sulfide) groups is 1. The molecule has 0 unspecified atom stereocenters. The standard InChI is InChI=1S/C21H19N3O3S/c1-3-14-7-9-16(10-8-14)17-6-4-5-15(11-17)13-22-24-21-23-20(26)18(28-21)12-19(25)27-2/h4-13H,3H2,1-2H3,(H,23,24,26)/b18-12+,22-13?. The molecule has 2 aromatic carbocycles. The molecule has 1 aliphatic rings. The molecule has 0 radical (unpaired) electrons. The molecular formula is C21H19N3O3S. The predicted molar refractivity (Wildman–Crippen MR) is 112 cm³/mol. The Balaban J connectivity index is 1.71. The third-order valence-corrected chi connectivity index (χ3v) is 4.94. The topological polar surface area (TPSA) is 80.1 Å². The van der Waals surface area contributed by atoms with Gasteiger partial charge in [0, 0.05) is 6.08 Å². The highest BCUT2D eigenvalue weighted by Crippen LogP contribution is 2.24. The van der Waals surface area contributed by atoms with Crippen molar-refractivity contribution in [1.82, 2.24) is 5.32 Å². The van der Waals surface area contributed by atoms with Gasteiger partial charge in [-0.2, -0.15) is 5.10 Å². The fraction of sp³-hybridized carbons (Fsp3) is 0.143. The molecule has 1 fully saturated rings. The van der Waals surface area contributed by atoms with E-state index in [0.29, 0.717) is 5.17 Å². The van der Waals surface area contributed by atoms with Crippen LogP contribution in [0.4, 0.5) is 0 Å². The van der Waals surface area contributed by atoms with Crippen molar-refractivity contribution in [3.8, 4) is 11.1 Å². The lowest BCUT2D eigenvalue weighted by Gasteiger charge is -2.04. The van der Waals surface area contributed by atoms with Crippen molar-refractivity contribution in [2.75, 3.05) is 7.11 Å². The quantitative estimate of drug-likeness (QED) is 0.365. The van der Waals surface area contributed by atoms with Crippen LogP contribution in [0.15, 0.2) is 69.7 Å². The van der Waals surface area contributed by atoms with Gasteiger partial charge in [0.25, 0.3) is 5.91 Å². The number of aryl methyl sites for hydroxylation is 1. The average molecular weight is 393 g/mol. The minimum Gasteiger partial charge on any atom is -0.466 e. The first-order valence-corrected chi connectivity index (χ1v) is 9.50. The van der Waals surface area contributed by atoms with Crippen LogP contribution in [0.1, 0.15) is 18.1 Å². The molecule has 142 valence electrons. The Labute approximate surface area is 167 Å². The average Bonchev–Trinajstić information content (AvgIpc) is 3.07. The predicted octanol–water partition coefficient (Wildman–Crippen LogP) is 3.53. The Morgan fingerprint density at radius 1 is 1.18 bits per heavy atom. The van der Waals surface area contributed by atoms with Crippen LogP contribution >= 0.6 is 11.8 Å². The number of carbonyl (C=O) groups excluding carboxylic acids is 2. The summed E-state index contributed by atoms with van der Waals surface area (Å²) < 4.78 is 4.52. The van der Waals surface area contributed by atoms with Crippen molar-refractivity contribution in [3.05, 3.63) is 70.6 Å². The maximum Gasteiger partial charge on any atom is 0.331 e. The fourth-order valence-corrected chi connectivity index (χ4v) is 3.26. The first kappa shape index (κ1) is 19.6. The summed E-state index contributed by atoms with van der Waals surface area (Å²) in [5.41, 5.74) is 4.41. The van der Waals surface area contributed by atoms with Crippen LogP contribution in [-0.4, -0.2) is 30.4 Å². The Morgan fingerprint density at radius 2 is 1.96 bits per heavy atom. The largest absolute Gasteiger partial charge is 0.466 e. The molecule has 1 saturated heterocycles. The van der Waals surface area contributed by atoms with E-state index in [0.717, 1.165) is 40.9 Å². The normalized spacial score (nSPS) is 16.7. The number of amidine groups is 1. The maximum atomic E-state index is 11.8. The summed E-state index contributed by atoms with van der Waals surface area (Å²) in [7, 11) is 1.25. The van der Waals surface area contributed by atoms with E-state index in [2.05, 4.69) is 51.4 Å². The second-order valence-corrected chi connectivity index (χ2v) is 6.94. The zero-order valence-electron chi connectivity index (χ0n) is 15.5. The fourth-order valence-electron chi connectivity index (χ4n) is 2.52. The van der Waals surface area contributed by atoms with Crippen molar-refractivity contribution in [2.45, 2.75) is 13.3 Å². The lowest BCUT2D eigenvalue weighted by molar-refractivity contribution is -0.135. The van der Waals surface area contributed by atoms with Crippen molar-refractivity contribution in [3.63, 3.8) is 0 Å². The number of rotatable bonds is 5. The Hall–Kier alpha value is -3.19. The van der Waals surface area contributed by atoms with Crippen LogP contribution < -0.4 is 5.32 Å². The van der Waals surface area contributed by atoms with Crippen molar-refractivity contribution in [1.29, 1.82) is 0 Å². The van der Waals surface area contributed by atoms with Gasteiger partial charge in [0.1, 0.15) is 0 Å². The number of methoxy groups -OCH3 is 1. The lowest BCUT2D eigenvalue weighted by Crippen LogP contribution is -2.19. The Kier molecular flexibility index (Phi) is 6.39. The van der Waals surface area contributed by atoms with Crippen molar-refractivity contribution < 1.29 is 14.3 Å². The van der Waals surface area contributed by atoms with Crippen LogP contribution in [0.25, 0.3) is 11.1 Å². The molecule has 1 amide bonds. The van der Waals surface area contributed by atoms with Gasteiger partial charge in [-0.25, -0.2) is 4.79 Å². The molecule has 0 aliphatic carbocycles. The highest BCUT2D eigenvalue weighted by Gasteiger charge is 2.24. The highest BCUT2D eigenvalue weighted by molar-refractivity contribution is 8.18. The molecule has 0 saturated carbocycles. The number of ether oxygens (including phenoxy) is 1. The van der Waals surface area contributed by atoms with Gasteiger partial charge in [0.15, 0.2) is 5.17 Å². The summed E-state index contributed by atoms with van der Waals surface area (Å²) in [6.45, 7) is 2.13. The number of carbonyl (C=O) groups is 2. The van der Waals surface area contributed by atoms with Gasteiger partial charge in [-0.05, 0) is 46.5 Å². The van der Waals surface area contributed by atoms with Crippen LogP contribution in [0.2, 0.25) is 0 Å². The molecule has 0 spiro atoms. The van der Waals surface area contributed by atoms with E-state index >= 15 is 0 Å². The first-order valence-electron chi connectivity index (χ1n) is 8.68. The summed E-state index contributed by atoms with van der Waals surface area (Å²) in [6.07, 6.45) is 3.75. The minimum atomic E-state index is -0.591. The lowest BCUT2D eigenvalue weighted by atomic mass is 10.0. The molecule has 0 aromatic heterocycles. The van der Waals surface area contributed by atoms with Gasteiger partial charge >= 0.3 is 5.97 Å². The van der Waals surface area contributed by atoms with Gasteiger partial charge < -0.3 is 4.74 Å². The second kappa shape index (κ2) is 9.14. The summed E-state index contributed by atoms with van der Waals surface area (Å²) in [6, 6.07) is 16.4. The number of amides is 1. The summed E-state index contributed by atoms with van der Waals surface area (Å²) in [5, 5.41) is 10.9. The molecule has 28 heavy (non-hydrogen) atoms. The third-order valence-electron chi connectivity index (χ3n) is 4.04. The Morgan fingerprint density at radius 3 is 2.68 bits per heavy atom. The second-order valence-electron chi connectivity index (χ2n) is 5.91. The van der Waals surface area contributed by atoms with Crippen LogP contribution in [-0.2, 0) is 20.7 Å². The molecule has 1 heterocycles. The van der Waals surface area contributed by atoms with Gasteiger partial charge in [0.05, 0.1) is 18.2 Å². The molecule has 0 bridgehead atoms. The van der Waals surface area contributed by atoms with Crippen LogP contribution in [0.3, 0.4) is 0 Å². The third kappa shape index (κ3) is 4.95. The summed E-state index contributed by atoms with van der Waals surface area (Å²) >= 11 is 1.04. The van der Waals surface area contributed by atoms with E-state index in [4.69, 9.17) is 0 Å². The van der Waals surface area contributed by atoms with Gasteiger partial charge in [-0.15, -0.1) is 5.10 Å². The SMILES string of the molecule is CCc1ccc(-c2cccc(C=N/N=C3/NC(=O)/C(=C\C(=O)OC)S3)c2)cc1. The zero-order valence-corrected chi connectivity index (χ0v) is 16.3. The van der Waals surface area contributed by atoms with E-state index in [1.54, 1.807) is 6.21 Å². The highest BCUT2D eigenvalue weighted by atomic mass is 32.2. The van der Waals surface area contributed by atoms with E-state index in [-0.39, 0.29) is 4.91 Å². The molecule has 7 heteroatoms. The zero-order chi connectivity index (χ0) is 19.9. The number of esters is 1. The van der Waals surface area contributed by atoms with E-state index in [9.17, 15) is 9.59 Å². The number of benzene rings is 2. The van der Waals surface area contributed by atoms with Crippen LogP contribution in [0.5, 0.6) is 0 Å². The summed E-state index contributed by atoms with van der Waals surface area (Å²) in [4.78, 5) is 23.2. The molecule has 0 atom stereocenters. The maximum absolute atomic E-state index is 11.8. The van der Waals surface area contributed by atoms with Crippen molar-refractivity contribution >= 4 is 35.0 Å². The van der Waals surface area contributed by atoms with E-state index < -0.39 is 11.9 Å². The molecule has 6 nitrogen and oxygen atoms in total. The first-order chi connectivity index (χ1) is 13.6. The molecular weight excluding hydrogens is 374 g/mol. The number of hydrogen-bond acceptors (Lipinski definition) is 6. The van der Waals surface area contributed by atoms with Gasteiger partial charge in [0.2, 0.25) is 0 Å². The molecule has 1 N–H and O–H groups in total. The van der Waals surface area contributed by atoms with E-state index in [1.165, 1.54) is 12.7 Å². The van der Waals surface area contributed by atoms with Gasteiger partial charge in [-0.1, -0.05) is 49.4 Å². The number of nitrogens with zero attached hydrogens (tertiary/aromatic N) is 2. The monoisotopic (exact) mass is 393 g/mol. The summed E-state index contributed by atoms with van der Waals surface area (Å²) in [5.74, 6) is -0.993. The molecule has 3 rings (SSSR count). The van der Waals surface area contributed by atoms with Crippen LogP contribution in [0, 0.1) is 0 Å². The minimum absolute atomic E-state index is 0.221. The van der Waals surface area contributed by atoms with Crippen molar-refractivity contribution in [2.24, 2.45) is 10.2 Å². The van der Waals surface area contributed by atoms with Gasteiger partial charge in [-0.3, -0.25) is 10.1 Å².